The van der Waals surface area contributed by atoms with Crippen molar-refractivity contribution in [3.63, 3.8) is 0 Å². The van der Waals surface area contributed by atoms with Crippen LogP contribution in [0, 0.1) is 5.92 Å². The summed E-state index contributed by atoms with van der Waals surface area (Å²) >= 11 is 0. The normalized spacial score (nSPS) is 15.5. The van der Waals surface area contributed by atoms with E-state index in [4.69, 9.17) is 14.7 Å². The molecule has 0 amide bonds. The number of morpholine rings is 1. The van der Waals surface area contributed by atoms with Gasteiger partial charge in [0.15, 0.2) is 0 Å². The van der Waals surface area contributed by atoms with Crippen LogP contribution in [0.3, 0.4) is 0 Å². The fraction of sp³-hybridized carbons (Fsp3) is 0.444. The lowest BCUT2D eigenvalue weighted by Gasteiger charge is -2.28. The Hall–Kier alpha value is -3.39. The third-order valence-corrected chi connectivity index (χ3v) is 6.70. The molecule has 8 heteroatoms. The van der Waals surface area contributed by atoms with Gasteiger partial charge in [0.05, 0.1) is 18.9 Å². The van der Waals surface area contributed by atoms with Crippen LogP contribution < -0.4 is 14.7 Å². The van der Waals surface area contributed by atoms with E-state index in [-0.39, 0.29) is 5.75 Å². The van der Waals surface area contributed by atoms with Crippen LogP contribution in [0.4, 0.5) is 23.3 Å². The van der Waals surface area contributed by atoms with Crippen molar-refractivity contribution in [2.45, 2.75) is 26.7 Å². The molecule has 0 unspecified atom stereocenters. The van der Waals surface area contributed by atoms with E-state index in [0.717, 1.165) is 73.2 Å². The number of pyridine rings is 1. The van der Waals surface area contributed by atoms with Gasteiger partial charge >= 0.3 is 0 Å². The molecule has 1 aromatic carbocycles. The Balaban J connectivity index is 1.54. The number of ether oxygens (including phenoxy) is 1. The van der Waals surface area contributed by atoms with Gasteiger partial charge in [0.1, 0.15) is 17.4 Å². The molecule has 2 aliphatic heterocycles. The summed E-state index contributed by atoms with van der Waals surface area (Å²) in [7, 11) is 2.10. The van der Waals surface area contributed by atoms with Crippen LogP contribution in [-0.4, -0.2) is 66.5 Å². The van der Waals surface area contributed by atoms with Crippen molar-refractivity contribution in [3.05, 3.63) is 48.2 Å². The zero-order valence-corrected chi connectivity index (χ0v) is 20.8. The minimum Gasteiger partial charge on any atom is -0.508 e. The molecule has 0 radical (unpaired) electrons. The second kappa shape index (κ2) is 10.1. The molecule has 4 heterocycles. The summed E-state index contributed by atoms with van der Waals surface area (Å²) in [6.45, 7) is 9.14. The second-order valence-corrected chi connectivity index (χ2v) is 9.70. The Labute approximate surface area is 207 Å². The maximum Gasteiger partial charge on any atom is 0.228 e. The maximum absolute atomic E-state index is 10.1. The highest BCUT2D eigenvalue weighted by Crippen LogP contribution is 2.40. The van der Waals surface area contributed by atoms with E-state index >= 15 is 0 Å². The highest BCUT2D eigenvalue weighted by molar-refractivity contribution is 5.78. The number of phenolic OH excluding ortho intramolecular Hbond substituents is 1. The number of nitrogens with zero attached hydrogens (tertiary/aromatic N) is 6. The number of aromatic hydroxyl groups is 1. The van der Waals surface area contributed by atoms with Gasteiger partial charge in [-0.1, -0.05) is 26.0 Å². The van der Waals surface area contributed by atoms with Gasteiger partial charge in [-0.2, -0.15) is 4.98 Å². The first-order valence-corrected chi connectivity index (χ1v) is 12.5. The molecule has 1 saturated heterocycles. The van der Waals surface area contributed by atoms with Gasteiger partial charge in [0.25, 0.3) is 0 Å². The largest absolute Gasteiger partial charge is 0.508 e. The highest BCUT2D eigenvalue weighted by atomic mass is 16.5. The fourth-order valence-corrected chi connectivity index (χ4v) is 4.64. The molecule has 1 N–H and O–H groups in total. The number of phenols is 1. The van der Waals surface area contributed by atoms with E-state index < -0.39 is 0 Å². The molecule has 0 atom stereocenters. The van der Waals surface area contributed by atoms with Crippen LogP contribution in [0.15, 0.2) is 42.6 Å². The summed E-state index contributed by atoms with van der Waals surface area (Å²) in [6, 6.07) is 11.5. The smallest absolute Gasteiger partial charge is 0.228 e. The van der Waals surface area contributed by atoms with Crippen LogP contribution in [-0.2, 0) is 11.2 Å². The molecule has 8 nitrogen and oxygen atoms in total. The lowest BCUT2D eigenvalue weighted by molar-refractivity contribution is 0.122. The lowest BCUT2D eigenvalue weighted by Crippen LogP contribution is -2.37. The summed E-state index contributed by atoms with van der Waals surface area (Å²) in [5, 5.41) is 10.1. The Morgan fingerprint density at radius 2 is 1.91 bits per heavy atom. The van der Waals surface area contributed by atoms with Crippen molar-refractivity contribution in [2.75, 3.05) is 61.1 Å². The number of hydrogen-bond acceptors (Lipinski definition) is 8. The van der Waals surface area contributed by atoms with E-state index in [2.05, 4.69) is 52.7 Å². The Bertz CT molecular complexity index is 1180. The van der Waals surface area contributed by atoms with Gasteiger partial charge < -0.3 is 24.5 Å². The first-order valence-electron chi connectivity index (χ1n) is 12.5. The van der Waals surface area contributed by atoms with Crippen molar-refractivity contribution in [2.24, 2.45) is 5.92 Å². The zero-order chi connectivity index (χ0) is 24.4. The summed E-state index contributed by atoms with van der Waals surface area (Å²) < 4.78 is 5.55. The molecule has 0 saturated carbocycles. The van der Waals surface area contributed by atoms with Gasteiger partial charge in [-0.3, -0.25) is 0 Å². The molecule has 35 heavy (non-hydrogen) atoms. The maximum atomic E-state index is 10.1. The van der Waals surface area contributed by atoms with Crippen molar-refractivity contribution in [3.8, 4) is 17.0 Å². The van der Waals surface area contributed by atoms with E-state index in [1.165, 1.54) is 0 Å². The van der Waals surface area contributed by atoms with Crippen LogP contribution in [0.2, 0.25) is 0 Å². The number of hydrogen-bond donors (Lipinski definition) is 1. The topological polar surface area (TPSA) is 77.9 Å². The lowest BCUT2D eigenvalue weighted by atomic mass is 10.1. The van der Waals surface area contributed by atoms with Crippen molar-refractivity contribution >= 4 is 23.3 Å². The quantitative estimate of drug-likeness (QED) is 0.544. The van der Waals surface area contributed by atoms with E-state index in [0.29, 0.717) is 25.1 Å². The molecule has 184 valence electrons. The third kappa shape index (κ3) is 5.03. The molecular formula is C27H34N6O2. The third-order valence-electron chi connectivity index (χ3n) is 6.70. The number of benzene rings is 1. The highest BCUT2D eigenvalue weighted by Gasteiger charge is 2.29. The molecule has 2 aliphatic rings. The first-order chi connectivity index (χ1) is 17.0. The Kier molecular flexibility index (Phi) is 6.72. The van der Waals surface area contributed by atoms with Gasteiger partial charge in [-0.05, 0) is 37.0 Å². The van der Waals surface area contributed by atoms with E-state index in [1.54, 1.807) is 12.1 Å². The van der Waals surface area contributed by atoms with Crippen LogP contribution in [0.5, 0.6) is 5.75 Å². The average Bonchev–Trinajstić information content (AvgIpc) is 3.31. The van der Waals surface area contributed by atoms with Crippen LogP contribution in [0.25, 0.3) is 11.3 Å². The molecule has 3 aromatic rings. The Morgan fingerprint density at radius 3 is 2.69 bits per heavy atom. The van der Waals surface area contributed by atoms with Gasteiger partial charge in [0, 0.05) is 62.3 Å². The Morgan fingerprint density at radius 1 is 1.09 bits per heavy atom. The van der Waals surface area contributed by atoms with Crippen molar-refractivity contribution in [1.29, 1.82) is 0 Å². The second-order valence-electron chi connectivity index (χ2n) is 9.70. The predicted octanol–water partition coefficient (Wildman–Crippen LogP) is 4.26. The van der Waals surface area contributed by atoms with Gasteiger partial charge in [-0.25, -0.2) is 9.97 Å². The van der Waals surface area contributed by atoms with Crippen molar-refractivity contribution < 1.29 is 9.84 Å². The average molecular weight is 475 g/mol. The monoisotopic (exact) mass is 474 g/mol. The van der Waals surface area contributed by atoms with Crippen LogP contribution >= 0.6 is 0 Å². The van der Waals surface area contributed by atoms with Gasteiger partial charge in [-0.15, -0.1) is 0 Å². The molecular weight excluding hydrogens is 440 g/mol. The van der Waals surface area contributed by atoms with Gasteiger partial charge in [0.2, 0.25) is 5.95 Å². The van der Waals surface area contributed by atoms with E-state index in [1.807, 2.05) is 18.3 Å². The molecule has 1 fully saturated rings. The van der Waals surface area contributed by atoms with Crippen LogP contribution in [0.1, 0.15) is 25.8 Å². The summed E-state index contributed by atoms with van der Waals surface area (Å²) in [4.78, 5) is 21.4. The van der Waals surface area contributed by atoms with E-state index in [9.17, 15) is 5.11 Å². The minimum absolute atomic E-state index is 0.237. The summed E-state index contributed by atoms with van der Waals surface area (Å²) in [5.74, 6) is 3.49. The predicted molar refractivity (Wildman–Crippen MR) is 140 cm³/mol. The SMILES string of the molecule is CC(C)CCN(C)c1cc(N2CCc3c(-c4cccc(O)c4)nc(N4CCOCC4)nc32)ccn1. The molecule has 0 bridgehead atoms. The minimum atomic E-state index is 0.237. The molecule has 5 rings (SSSR count). The molecule has 0 spiro atoms. The summed E-state index contributed by atoms with van der Waals surface area (Å²) in [6.07, 6.45) is 3.84. The number of anilines is 4. The summed E-state index contributed by atoms with van der Waals surface area (Å²) in [5.41, 5.74) is 3.99. The zero-order valence-electron chi connectivity index (χ0n) is 20.8. The number of rotatable bonds is 7. The number of fused-ring (bicyclic) bond motifs is 1. The van der Waals surface area contributed by atoms with Crippen molar-refractivity contribution in [1.82, 2.24) is 15.0 Å². The standard InChI is InChI=1S/C27H34N6O2/c1-19(2)8-11-31(3)24-18-21(7-10-28-24)33-12-9-23-25(20-5-4-6-22(34)17-20)29-27(30-26(23)33)32-13-15-35-16-14-32/h4-7,10,17-19,34H,8-9,11-16H2,1-3H3. The number of aromatic nitrogens is 3. The first kappa shape index (κ1) is 23.4. The molecule has 2 aromatic heterocycles. The molecule has 0 aliphatic carbocycles. The fourth-order valence-electron chi connectivity index (χ4n) is 4.64.